The lowest BCUT2D eigenvalue weighted by molar-refractivity contribution is -0.144. The zero-order valence-corrected chi connectivity index (χ0v) is 23.2. The predicted octanol–water partition coefficient (Wildman–Crippen LogP) is 2.28. The normalized spacial score (nSPS) is 28.0. The van der Waals surface area contributed by atoms with Gasteiger partial charge in [-0.2, -0.15) is 0 Å². The van der Waals surface area contributed by atoms with Gasteiger partial charge in [0.1, 0.15) is 12.1 Å². The minimum atomic E-state index is -1.07. The molecule has 4 amide bonds. The molecule has 0 aromatic heterocycles. The summed E-state index contributed by atoms with van der Waals surface area (Å²) in [5.74, 6) is -2.26. The monoisotopic (exact) mass is 532 g/mol. The van der Waals surface area contributed by atoms with Crippen molar-refractivity contribution in [3.05, 3.63) is 0 Å². The van der Waals surface area contributed by atoms with Gasteiger partial charge in [0.05, 0.1) is 12.1 Å². The van der Waals surface area contributed by atoms with E-state index in [1.165, 1.54) is 0 Å². The fourth-order valence-electron chi connectivity index (χ4n) is 6.94. The van der Waals surface area contributed by atoms with E-state index in [9.17, 15) is 24.0 Å². The average molecular weight is 533 g/mol. The van der Waals surface area contributed by atoms with Crippen LogP contribution in [0.15, 0.2) is 0 Å². The highest BCUT2D eigenvalue weighted by molar-refractivity contribution is 6.37. The lowest BCUT2D eigenvalue weighted by atomic mass is 9.80. The van der Waals surface area contributed by atoms with Crippen LogP contribution in [-0.4, -0.2) is 65.3 Å². The van der Waals surface area contributed by atoms with Crippen LogP contribution in [0.3, 0.4) is 0 Å². The van der Waals surface area contributed by atoms with Crippen LogP contribution in [0.2, 0.25) is 0 Å². The maximum atomic E-state index is 14.1. The van der Waals surface area contributed by atoms with Gasteiger partial charge in [0.15, 0.2) is 0 Å². The number of nitrogens with zero attached hydrogens (tertiary/aromatic N) is 1. The smallest absolute Gasteiger partial charge is 0.408 e. The second-order valence-electron chi connectivity index (χ2n) is 12.7. The van der Waals surface area contributed by atoms with Gasteiger partial charge in [0, 0.05) is 6.54 Å². The van der Waals surface area contributed by atoms with Crippen LogP contribution >= 0.6 is 0 Å². The van der Waals surface area contributed by atoms with Crippen molar-refractivity contribution < 1.29 is 28.7 Å². The fourth-order valence-corrected chi connectivity index (χ4v) is 6.94. The molecule has 5 atom stereocenters. The summed E-state index contributed by atoms with van der Waals surface area (Å²) in [6.07, 6.45) is 7.07. The molecule has 0 aromatic carbocycles. The topological polar surface area (TPSA) is 148 Å². The molecule has 1 aliphatic heterocycles. The molecule has 0 aromatic rings. The third-order valence-corrected chi connectivity index (χ3v) is 9.43. The molecule has 10 heteroatoms. The lowest BCUT2D eigenvalue weighted by Gasteiger charge is -2.37. The molecule has 1 saturated heterocycles. The Bertz CT molecular complexity index is 955. The van der Waals surface area contributed by atoms with Crippen molar-refractivity contribution in [1.29, 1.82) is 0 Å². The molecule has 4 aliphatic rings. The number of amides is 4. The maximum absolute atomic E-state index is 14.1. The number of hydrogen-bond donors (Lipinski definition) is 3. The molecule has 4 fully saturated rings. The first-order chi connectivity index (χ1) is 17.9. The minimum Gasteiger partial charge on any atom is -0.447 e. The van der Waals surface area contributed by atoms with Gasteiger partial charge >= 0.3 is 6.09 Å². The summed E-state index contributed by atoms with van der Waals surface area (Å²) >= 11 is 0. The maximum Gasteiger partial charge on any atom is 0.408 e. The summed E-state index contributed by atoms with van der Waals surface area (Å²) in [5, 5.41) is 5.63. The van der Waals surface area contributed by atoms with Gasteiger partial charge in [-0.05, 0) is 62.2 Å². The number of carbonyl (C=O) groups excluding carboxylic acids is 5. The van der Waals surface area contributed by atoms with Gasteiger partial charge in [0.25, 0.3) is 5.91 Å². The standard InChI is InChI=1S/C28H44N4O6/c1-15(2)38-27(37)31-21(17-11-6-5-7-12-17)26(36)32-14-18-20(28(18,3)4)22(32)25(35)30-19(23(33)24(29)34)13-16-9-8-10-16/h15-22H,5-14H2,1-4H3,(H2,29,34)(H,30,35)(H,31,37). The zero-order valence-electron chi connectivity index (χ0n) is 23.2. The highest BCUT2D eigenvalue weighted by Crippen LogP contribution is 2.65. The Hall–Kier alpha value is -2.65. The first-order valence-electron chi connectivity index (χ1n) is 14.3. The molecule has 0 bridgehead atoms. The van der Waals surface area contributed by atoms with E-state index in [1.807, 2.05) is 0 Å². The zero-order chi connectivity index (χ0) is 27.8. The summed E-state index contributed by atoms with van der Waals surface area (Å²) in [6.45, 7) is 8.08. The molecular weight excluding hydrogens is 488 g/mol. The predicted molar refractivity (Wildman–Crippen MR) is 139 cm³/mol. The highest BCUT2D eigenvalue weighted by atomic mass is 16.6. The van der Waals surface area contributed by atoms with Gasteiger partial charge in [-0.25, -0.2) is 4.79 Å². The number of Topliss-reactive ketones (excluding diaryl/α,β-unsaturated/α-hetero) is 1. The molecule has 1 heterocycles. The van der Waals surface area contributed by atoms with E-state index in [-0.39, 0.29) is 41.1 Å². The minimum absolute atomic E-state index is 0.0348. The van der Waals surface area contributed by atoms with E-state index in [1.54, 1.807) is 18.7 Å². The second-order valence-corrected chi connectivity index (χ2v) is 12.7. The SMILES string of the molecule is CC(C)OC(=O)NC(C(=O)N1CC2C(C1C(=O)NC(CC1CCC1)C(=O)C(N)=O)C2(C)C)C1CCCCC1. The van der Waals surface area contributed by atoms with E-state index < -0.39 is 41.8 Å². The first-order valence-corrected chi connectivity index (χ1v) is 14.3. The number of piperidine rings is 1. The number of carbonyl (C=O) groups is 5. The van der Waals surface area contributed by atoms with Crippen molar-refractivity contribution in [1.82, 2.24) is 15.5 Å². The Morgan fingerprint density at radius 2 is 1.63 bits per heavy atom. The van der Waals surface area contributed by atoms with Gasteiger partial charge in [0.2, 0.25) is 17.6 Å². The Kier molecular flexibility index (Phi) is 8.37. The number of nitrogens with two attached hydrogens (primary N) is 1. The molecule has 38 heavy (non-hydrogen) atoms. The van der Waals surface area contributed by atoms with E-state index >= 15 is 0 Å². The Labute approximate surface area is 225 Å². The van der Waals surface area contributed by atoms with Crippen LogP contribution in [0.5, 0.6) is 0 Å². The molecule has 4 N–H and O–H groups in total. The van der Waals surface area contributed by atoms with E-state index in [0.29, 0.717) is 13.0 Å². The average Bonchev–Trinajstić information content (AvgIpc) is 3.16. The van der Waals surface area contributed by atoms with Crippen LogP contribution < -0.4 is 16.4 Å². The molecule has 4 rings (SSSR count). The molecule has 5 unspecified atom stereocenters. The fraction of sp³-hybridized carbons (Fsp3) is 0.821. The van der Waals surface area contributed by atoms with Gasteiger partial charge < -0.3 is 26.0 Å². The summed E-state index contributed by atoms with van der Waals surface area (Å²) in [7, 11) is 0. The van der Waals surface area contributed by atoms with Crippen LogP contribution in [0.1, 0.15) is 85.5 Å². The molecule has 3 aliphatic carbocycles. The molecule has 10 nitrogen and oxygen atoms in total. The third kappa shape index (κ3) is 5.83. The number of nitrogens with one attached hydrogen (secondary N) is 2. The summed E-state index contributed by atoms with van der Waals surface area (Å²) in [6, 6.07) is -2.55. The third-order valence-electron chi connectivity index (χ3n) is 9.43. The summed E-state index contributed by atoms with van der Waals surface area (Å²) < 4.78 is 5.29. The van der Waals surface area contributed by atoms with E-state index in [0.717, 1.165) is 51.4 Å². The van der Waals surface area contributed by atoms with E-state index in [4.69, 9.17) is 10.5 Å². The molecule has 212 valence electrons. The van der Waals surface area contributed by atoms with Crippen LogP contribution in [0.4, 0.5) is 4.79 Å². The first kappa shape index (κ1) is 28.4. The van der Waals surface area contributed by atoms with E-state index in [2.05, 4.69) is 24.5 Å². The number of primary amides is 1. The second kappa shape index (κ2) is 11.2. The molecule has 0 spiro atoms. The van der Waals surface area contributed by atoms with Crippen LogP contribution in [0, 0.1) is 29.1 Å². The van der Waals surface area contributed by atoms with Crippen molar-refractivity contribution in [2.45, 2.75) is 110 Å². The summed E-state index contributed by atoms with van der Waals surface area (Å²) in [4.78, 5) is 66.3. The van der Waals surface area contributed by atoms with Crippen molar-refractivity contribution in [2.24, 2.45) is 34.8 Å². The molecule has 0 radical (unpaired) electrons. The summed E-state index contributed by atoms with van der Waals surface area (Å²) in [5.41, 5.74) is 5.18. The van der Waals surface area contributed by atoms with Crippen LogP contribution in [0.25, 0.3) is 0 Å². The van der Waals surface area contributed by atoms with Gasteiger partial charge in [-0.15, -0.1) is 0 Å². The highest BCUT2D eigenvalue weighted by Gasteiger charge is 2.69. The van der Waals surface area contributed by atoms with Crippen molar-refractivity contribution in [3.8, 4) is 0 Å². The number of rotatable bonds is 10. The van der Waals surface area contributed by atoms with Gasteiger partial charge in [-0.3, -0.25) is 19.2 Å². The quantitative estimate of drug-likeness (QED) is 0.368. The lowest BCUT2D eigenvalue weighted by Crippen LogP contribution is -2.59. The van der Waals surface area contributed by atoms with Crippen molar-refractivity contribution in [3.63, 3.8) is 0 Å². The van der Waals surface area contributed by atoms with Crippen LogP contribution in [-0.2, 0) is 23.9 Å². The van der Waals surface area contributed by atoms with Gasteiger partial charge in [-0.1, -0.05) is 52.4 Å². The Morgan fingerprint density at radius 1 is 0.974 bits per heavy atom. The largest absolute Gasteiger partial charge is 0.447 e. The molecule has 3 saturated carbocycles. The number of alkyl carbamates (subject to hydrolysis) is 1. The van der Waals surface area contributed by atoms with Crippen molar-refractivity contribution >= 4 is 29.6 Å². The Balaban J connectivity index is 1.55. The number of fused-ring (bicyclic) bond motifs is 1. The number of ether oxygens (including phenoxy) is 1. The Morgan fingerprint density at radius 3 is 2.18 bits per heavy atom. The number of ketones is 1. The van der Waals surface area contributed by atoms with Crippen molar-refractivity contribution in [2.75, 3.05) is 6.54 Å². The number of likely N-dealkylation sites (tertiary alicyclic amines) is 1. The number of hydrogen-bond acceptors (Lipinski definition) is 6. The molecular formula is C28H44N4O6.